The zero-order valence-electron chi connectivity index (χ0n) is 13.9. The summed E-state index contributed by atoms with van der Waals surface area (Å²) in [7, 11) is 1.47. The first-order valence-electron chi connectivity index (χ1n) is 8.13. The molecule has 0 amide bonds. The molecule has 3 unspecified atom stereocenters. The monoisotopic (exact) mass is 301 g/mol. The average Bonchev–Trinajstić information content (AvgIpc) is 2.88. The van der Waals surface area contributed by atoms with Crippen LogP contribution in [0.3, 0.4) is 0 Å². The first kappa shape index (κ1) is 18.4. The van der Waals surface area contributed by atoms with Crippen molar-refractivity contribution in [2.45, 2.75) is 58.1 Å². The lowest BCUT2D eigenvalue weighted by atomic mass is 9.84. The second-order valence-corrected chi connectivity index (χ2v) is 5.71. The maximum absolute atomic E-state index is 12.2. The van der Waals surface area contributed by atoms with Crippen LogP contribution in [0.5, 0.6) is 0 Å². The van der Waals surface area contributed by atoms with E-state index >= 15 is 0 Å². The number of esters is 1. The number of rotatable bonds is 10. The van der Waals surface area contributed by atoms with E-state index in [1.165, 1.54) is 7.11 Å². The van der Waals surface area contributed by atoms with Crippen LogP contribution in [-0.4, -0.2) is 51.1 Å². The van der Waals surface area contributed by atoms with E-state index < -0.39 is 5.54 Å². The molecule has 3 atom stereocenters. The molecule has 0 heterocycles. The van der Waals surface area contributed by atoms with Crippen LogP contribution in [0, 0.1) is 5.92 Å². The minimum atomic E-state index is -0.518. The molecule has 0 aliphatic heterocycles. The quantitative estimate of drug-likeness (QED) is 0.627. The number of ether oxygens (including phenoxy) is 3. The summed E-state index contributed by atoms with van der Waals surface area (Å²) in [6.07, 6.45) is 3.93. The highest BCUT2D eigenvalue weighted by molar-refractivity contribution is 5.81. The molecular formula is C16H31NO4. The molecule has 21 heavy (non-hydrogen) atoms. The van der Waals surface area contributed by atoms with Crippen molar-refractivity contribution < 1.29 is 19.0 Å². The Balaban J connectivity index is 2.49. The van der Waals surface area contributed by atoms with Gasteiger partial charge in [-0.25, -0.2) is 0 Å². The van der Waals surface area contributed by atoms with Crippen LogP contribution in [0.2, 0.25) is 0 Å². The summed E-state index contributed by atoms with van der Waals surface area (Å²) in [6, 6.07) is 0. The van der Waals surface area contributed by atoms with E-state index in [9.17, 15) is 4.79 Å². The van der Waals surface area contributed by atoms with Gasteiger partial charge in [0.25, 0.3) is 0 Å². The highest BCUT2D eigenvalue weighted by Crippen LogP contribution is 2.39. The molecule has 0 radical (unpaired) electrons. The number of carbonyl (C=O) groups is 1. The van der Waals surface area contributed by atoms with Crippen molar-refractivity contribution in [3.8, 4) is 0 Å². The summed E-state index contributed by atoms with van der Waals surface area (Å²) in [5, 5.41) is 3.38. The van der Waals surface area contributed by atoms with Crippen LogP contribution in [0.4, 0.5) is 0 Å². The van der Waals surface area contributed by atoms with Gasteiger partial charge in [0.05, 0.1) is 19.8 Å². The molecule has 0 saturated heterocycles. The van der Waals surface area contributed by atoms with E-state index in [-0.39, 0.29) is 18.0 Å². The highest BCUT2D eigenvalue weighted by Gasteiger charge is 2.48. The lowest BCUT2D eigenvalue weighted by molar-refractivity contribution is -0.150. The molecule has 5 heteroatoms. The van der Waals surface area contributed by atoms with Crippen LogP contribution in [-0.2, 0) is 19.0 Å². The van der Waals surface area contributed by atoms with E-state index in [0.29, 0.717) is 19.8 Å². The van der Waals surface area contributed by atoms with Crippen molar-refractivity contribution in [2.24, 2.45) is 5.92 Å². The number of hydrogen-bond donors (Lipinski definition) is 1. The molecule has 0 aromatic heterocycles. The fourth-order valence-electron chi connectivity index (χ4n) is 3.28. The van der Waals surface area contributed by atoms with E-state index in [2.05, 4.69) is 5.32 Å². The Morgan fingerprint density at radius 2 is 2.19 bits per heavy atom. The largest absolute Gasteiger partial charge is 0.468 e. The Kier molecular flexibility index (Phi) is 8.22. The van der Waals surface area contributed by atoms with Gasteiger partial charge in [0.1, 0.15) is 5.54 Å². The highest BCUT2D eigenvalue weighted by atomic mass is 16.5. The molecule has 1 saturated carbocycles. The number of carbonyl (C=O) groups excluding carboxylic acids is 1. The molecule has 0 aromatic rings. The summed E-state index contributed by atoms with van der Waals surface area (Å²) >= 11 is 0. The van der Waals surface area contributed by atoms with Gasteiger partial charge in [0.15, 0.2) is 0 Å². The summed E-state index contributed by atoms with van der Waals surface area (Å²) in [6.45, 7) is 8.78. The second-order valence-electron chi connectivity index (χ2n) is 5.71. The number of nitrogens with one attached hydrogen (secondary N) is 1. The van der Waals surface area contributed by atoms with Crippen LogP contribution >= 0.6 is 0 Å². The van der Waals surface area contributed by atoms with Crippen molar-refractivity contribution in [2.75, 3.05) is 33.5 Å². The van der Waals surface area contributed by atoms with Gasteiger partial charge in [-0.3, -0.25) is 4.79 Å². The van der Waals surface area contributed by atoms with Gasteiger partial charge in [-0.1, -0.05) is 13.3 Å². The maximum atomic E-state index is 12.2. The van der Waals surface area contributed by atoms with Crippen LogP contribution in [0.25, 0.3) is 0 Å². The Morgan fingerprint density at radius 3 is 2.81 bits per heavy atom. The second kappa shape index (κ2) is 9.38. The van der Waals surface area contributed by atoms with Crippen LogP contribution < -0.4 is 5.32 Å². The van der Waals surface area contributed by atoms with E-state index in [1.807, 2.05) is 20.8 Å². The lowest BCUT2D eigenvalue weighted by Gasteiger charge is -2.33. The molecule has 0 spiro atoms. The van der Waals surface area contributed by atoms with Gasteiger partial charge in [0, 0.05) is 13.2 Å². The normalized spacial score (nSPS) is 26.8. The van der Waals surface area contributed by atoms with Crippen molar-refractivity contribution in [1.82, 2.24) is 5.32 Å². The fourth-order valence-corrected chi connectivity index (χ4v) is 3.28. The average molecular weight is 301 g/mol. The molecule has 1 aliphatic rings. The standard InChI is InChI=1S/C16H31NO4/c1-5-17-16(15(18)19-4)10-7-8-14(16)9-11-21-13(3)12-20-6-2/h13-14,17H,5-12H2,1-4H3. The van der Waals surface area contributed by atoms with Crippen LogP contribution in [0.1, 0.15) is 46.5 Å². The molecule has 5 nitrogen and oxygen atoms in total. The van der Waals surface area contributed by atoms with Crippen molar-refractivity contribution in [3.63, 3.8) is 0 Å². The number of likely N-dealkylation sites (N-methyl/N-ethyl adjacent to an activating group) is 1. The Morgan fingerprint density at radius 1 is 1.43 bits per heavy atom. The summed E-state index contributed by atoms with van der Waals surface area (Å²) in [5.41, 5.74) is -0.518. The summed E-state index contributed by atoms with van der Waals surface area (Å²) < 4.78 is 16.2. The van der Waals surface area contributed by atoms with Gasteiger partial charge >= 0.3 is 5.97 Å². The lowest BCUT2D eigenvalue weighted by Crippen LogP contribution is -2.55. The minimum absolute atomic E-state index is 0.0954. The summed E-state index contributed by atoms with van der Waals surface area (Å²) in [5.74, 6) is 0.151. The molecule has 1 N–H and O–H groups in total. The van der Waals surface area contributed by atoms with Crippen molar-refractivity contribution in [3.05, 3.63) is 0 Å². The van der Waals surface area contributed by atoms with Crippen molar-refractivity contribution >= 4 is 5.97 Å². The van der Waals surface area contributed by atoms with Gasteiger partial charge in [-0.05, 0) is 45.6 Å². The predicted octanol–water partition coefficient (Wildman–Crippen LogP) is 2.14. The fraction of sp³-hybridized carbons (Fsp3) is 0.938. The third-order valence-electron chi connectivity index (χ3n) is 4.29. The smallest absolute Gasteiger partial charge is 0.326 e. The van der Waals surface area contributed by atoms with Gasteiger partial charge in [-0.15, -0.1) is 0 Å². The molecule has 1 rings (SSSR count). The number of methoxy groups -OCH3 is 1. The predicted molar refractivity (Wildman–Crippen MR) is 82.3 cm³/mol. The zero-order chi connectivity index (χ0) is 15.7. The van der Waals surface area contributed by atoms with Crippen molar-refractivity contribution in [1.29, 1.82) is 0 Å². The third kappa shape index (κ3) is 4.94. The molecular weight excluding hydrogens is 270 g/mol. The van der Waals surface area contributed by atoms with E-state index in [1.54, 1.807) is 0 Å². The Hall–Kier alpha value is -0.650. The summed E-state index contributed by atoms with van der Waals surface area (Å²) in [4.78, 5) is 12.2. The molecule has 0 aromatic carbocycles. The van der Waals surface area contributed by atoms with E-state index in [4.69, 9.17) is 14.2 Å². The third-order valence-corrected chi connectivity index (χ3v) is 4.29. The van der Waals surface area contributed by atoms with E-state index in [0.717, 1.165) is 32.2 Å². The van der Waals surface area contributed by atoms with Gasteiger partial charge < -0.3 is 19.5 Å². The molecule has 124 valence electrons. The zero-order valence-corrected chi connectivity index (χ0v) is 13.9. The number of hydrogen-bond acceptors (Lipinski definition) is 5. The molecule has 1 fully saturated rings. The van der Waals surface area contributed by atoms with Gasteiger partial charge in [0.2, 0.25) is 0 Å². The van der Waals surface area contributed by atoms with Gasteiger partial charge in [-0.2, -0.15) is 0 Å². The molecule has 0 bridgehead atoms. The SMILES string of the molecule is CCNC1(C(=O)OC)CCCC1CCOC(C)COCC. The maximum Gasteiger partial charge on any atom is 0.326 e. The Labute approximate surface area is 128 Å². The topological polar surface area (TPSA) is 56.8 Å². The minimum Gasteiger partial charge on any atom is -0.468 e. The van der Waals surface area contributed by atoms with Crippen LogP contribution in [0.15, 0.2) is 0 Å². The first-order chi connectivity index (χ1) is 10.1. The molecule has 1 aliphatic carbocycles. The Bertz CT molecular complexity index is 311. The first-order valence-corrected chi connectivity index (χ1v) is 8.13.